The summed E-state index contributed by atoms with van der Waals surface area (Å²) in [6.07, 6.45) is 2.35. The summed E-state index contributed by atoms with van der Waals surface area (Å²) in [7, 11) is 3.18. The van der Waals surface area contributed by atoms with Gasteiger partial charge < -0.3 is 9.47 Å². The smallest absolute Gasteiger partial charge is 0.241 e. The highest BCUT2D eigenvalue weighted by molar-refractivity contribution is 6.23. The second-order valence-electron chi connectivity index (χ2n) is 9.99. The number of allylic oxidation sites excluding steroid dienone is 1. The topological polar surface area (TPSA) is 93.2 Å². The summed E-state index contributed by atoms with van der Waals surface area (Å²) in [6, 6.07) is 14.4. The SMILES string of the molecule is COCc1cccc(N2C(=O)[C@H]3C(C)=C[C@@H]([C@H]4CC(=O)N(c5cccc(COC)c5)C4=O)C[C@@H]3C2=O)c1. The van der Waals surface area contributed by atoms with Crippen LogP contribution >= 0.6 is 0 Å². The van der Waals surface area contributed by atoms with Crippen LogP contribution < -0.4 is 9.80 Å². The van der Waals surface area contributed by atoms with Gasteiger partial charge in [-0.05, 0) is 54.7 Å². The molecule has 2 saturated heterocycles. The molecule has 8 nitrogen and oxygen atoms in total. The zero-order chi connectivity index (χ0) is 26.3. The Labute approximate surface area is 215 Å². The lowest BCUT2D eigenvalue weighted by Gasteiger charge is -2.29. The van der Waals surface area contributed by atoms with Crippen molar-refractivity contribution in [2.45, 2.75) is 33.0 Å². The minimum Gasteiger partial charge on any atom is -0.380 e. The zero-order valence-corrected chi connectivity index (χ0v) is 21.2. The van der Waals surface area contributed by atoms with Gasteiger partial charge in [0.1, 0.15) is 0 Å². The number of carbonyl (C=O) groups is 4. The average Bonchev–Trinajstić information content (AvgIpc) is 3.31. The molecule has 3 aliphatic rings. The molecule has 37 heavy (non-hydrogen) atoms. The Hall–Kier alpha value is -3.62. The van der Waals surface area contributed by atoms with E-state index in [0.29, 0.717) is 31.0 Å². The molecule has 2 heterocycles. The predicted molar refractivity (Wildman–Crippen MR) is 136 cm³/mol. The number of hydrogen-bond donors (Lipinski definition) is 0. The van der Waals surface area contributed by atoms with E-state index in [1.54, 1.807) is 50.6 Å². The maximum atomic E-state index is 13.5. The molecule has 0 N–H and O–H groups in total. The molecule has 2 fully saturated rings. The molecule has 0 unspecified atom stereocenters. The van der Waals surface area contributed by atoms with Crippen molar-refractivity contribution in [3.8, 4) is 0 Å². The lowest BCUT2D eigenvalue weighted by Crippen LogP contribution is -2.35. The molecule has 8 heteroatoms. The van der Waals surface area contributed by atoms with Crippen LogP contribution in [0.15, 0.2) is 60.2 Å². The van der Waals surface area contributed by atoms with Gasteiger partial charge in [-0.1, -0.05) is 35.9 Å². The Balaban J connectivity index is 1.39. The molecule has 0 bridgehead atoms. The highest BCUT2D eigenvalue weighted by Gasteiger charge is 2.54. The van der Waals surface area contributed by atoms with Crippen molar-refractivity contribution < 1.29 is 28.7 Å². The van der Waals surface area contributed by atoms with Gasteiger partial charge in [-0.2, -0.15) is 0 Å². The summed E-state index contributed by atoms with van der Waals surface area (Å²) in [5.74, 6) is -3.03. The maximum absolute atomic E-state index is 13.5. The van der Waals surface area contributed by atoms with Crippen molar-refractivity contribution in [1.82, 2.24) is 0 Å². The quantitative estimate of drug-likeness (QED) is 0.424. The van der Waals surface area contributed by atoms with Crippen molar-refractivity contribution in [3.63, 3.8) is 0 Å². The number of rotatable bonds is 7. The first kappa shape index (κ1) is 25.0. The minimum absolute atomic E-state index is 0.0735. The molecule has 4 atom stereocenters. The molecule has 0 aromatic heterocycles. The van der Waals surface area contributed by atoms with Gasteiger partial charge in [-0.25, -0.2) is 4.90 Å². The summed E-state index contributed by atoms with van der Waals surface area (Å²) >= 11 is 0. The van der Waals surface area contributed by atoms with Crippen LogP contribution in [0, 0.1) is 23.7 Å². The normalized spacial score (nSPS) is 25.6. The van der Waals surface area contributed by atoms with Gasteiger partial charge >= 0.3 is 0 Å². The van der Waals surface area contributed by atoms with E-state index in [2.05, 4.69) is 0 Å². The fraction of sp³-hybridized carbons (Fsp3) is 0.379. The number of nitrogens with zero attached hydrogens (tertiary/aromatic N) is 2. The van der Waals surface area contributed by atoms with E-state index >= 15 is 0 Å². The van der Waals surface area contributed by atoms with Crippen molar-refractivity contribution in [3.05, 3.63) is 71.3 Å². The van der Waals surface area contributed by atoms with E-state index in [-0.39, 0.29) is 36.0 Å². The van der Waals surface area contributed by atoms with Gasteiger partial charge in [0.2, 0.25) is 23.6 Å². The molecule has 192 valence electrons. The fourth-order valence-corrected chi connectivity index (χ4v) is 5.98. The molecule has 2 aromatic carbocycles. The minimum atomic E-state index is -0.573. The van der Waals surface area contributed by atoms with E-state index in [4.69, 9.17) is 9.47 Å². The number of benzene rings is 2. The number of fused-ring (bicyclic) bond motifs is 1. The van der Waals surface area contributed by atoms with Gasteiger partial charge in [-0.15, -0.1) is 0 Å². The standard InChI is InChI=1S/C29H30N2O6/c1-17-10-20(23-14-25(32)30(27(23)33)21-8-4-6-18(11-21)15-36-2)13-24-26(17)29(35)31(28(24)34)22-9-5-7-19(12-22)16-37-3/h4-12,20,23-24,26H,13-16H2,1-3H3/t20-,23-,24+,26+/m1/s1. The Morgan fingerprint density at radius 1 is 0.784 bits per heavy atom. The second kappa shape index (κ2) is 10.0. The highest BCUT2D eigenvalue weighted by Crippen LogP contribution is 2.46. The van der Waals surface area contributed by atoms with Crippen LogP contribution in [0.4, 0.5) is 11.4 Å². The van der Waals surface area contributed by atoms with E-state index in [1.165, 1.54) is 9.80 Å². The molecule has 1 aliphatic carbocycles. The summed E-state index contributed by atoms with van der Waals surface area (Å²) in [4.78, 5) is 55.9. The molecule has 0 radical (unpaired) electrons. The molecule has 2 aromatic rings. The monoisotopic (exact) mass is 502 g/mol. The Morgan fingerprint density at radius 2 is 1.35 bits per heavy atom. The van der Waals surface area contributed by atoms with Crippen molar-refractivity contribution in [2.24, 2.45) is 23.7 Å². The molecule has 0 spiro atoms. The molecule has 4 amide bonds. The van der Waals surface area contributed by atoms with Crippen LogP contribution in [0.25, 0.3) is 0 Å². The van der Waals surface area contributed by atoms with E-state index in [0.717, 1.165) is 16.7 Å². The second-order valence-corrected chi connectivity index (χ2v) is 9.99. The predicted octanol–water partition coefficient (Wildman–Crippen LogP) is 3.63. The summed E-state index contributed by atoms with van der Waals surface area (Å²) in [5, 5.41) is 0. The third-order valence-corrected chi connectivity index (χ3v) is 7.58. The third kappa shape index (κ3) is 4.40. The number of methoxy groups -OCH3 is 2. The molecular formula is C29H30N2O6. The van der Waals surface area contributed by atoms with Gasteiger partial charge in [0.25, 0.3) is 0 Å². The highest BCUT2D eigenvalue weighted by atomic mass is 16.5. The van der Waals surface area contributed by atoms with E-state index in [1.807, 2.05) is 25.1 Å². The largest absolute Gasteiger partial charge is 0.380 e. The maximum Gasteiger partial charge on any atom is 0.241 e. The van der Waals surface area contributed by atoms with Crippen LogP contribution in [0.1, 0.15) is 30.9 Å². The summed E-state index contributed by atoms with van der Waals surface area (Å²) in [5.41, 5.74) is 3.56. The molecule has 5 rings (SSSR count). The number of imide groups is 2. The van der Waals surface area contributed by atoms with E-state index in [9.17, 15) is 19.2 Å². The Kier molecular flexibility index (Phi) is 6.79. The van der Waals surface area contributed by atoms with Gasteiger partial charge in [0.15, 0.2) is 0 Å². The van der Waals surface area contributed by atoms with Crippen LogP contribution in [-0.2, 0) is 41.9 Å². The van der Waals surface area contributed by atoms with E-state index < -0.39 is 17.8 Å². The average molecular weight is 503 g/mol. The van der Waals surface area contributed by atoms with Gasteiger partial charge in [0, 0.05) is 20.6 Å². The number of carbonyl (C=O) groups excluding carboxylic acids is 4. The Bertz CT molecular complexity index is 1300. The van der Waals surface area contributed by atoms with Gasteiger partial charge in [0.05, 0.1) is 42.3 Å². The third-order valence-electron chi connectivity index (χ3n) is 7.58. The molecule has 2 aliphatic heterocycles. The number of hydrogen-bond acceptors (Lipinski definition) is 6. The summed E-state index contributed by atoms with van der Waals surface area (Å²) < 4.78 is 10.4. The number of anilines is 2. The molecule has 0 saturated carbocycles. The van der Waals surface area contributed by atoms with Crippen LogP contribution in [0.3, 0.4) is 0 Å². The summed E-state index contributed by atoms with van der Waals surface area (Å²) in [6.45, 7) is 2.59. The number of amides is 4. The lowest BCUT2D eigenvalue weighted by atomic mass is 9.71. The first-order chi connectivity index (χ1) is 17.8. The first-order valence-electron chi connectivity index (χ1n) is 12.4. The fourth-order valence-electron chi connectivity index (χ4n) is 5.98. The van der Waals surface area contributed by atoms with Crippen LogP contribution in [-0.4, -0.2) is 37.8 Å². The van der Waals surface area contributed by atoms with Crippen LogP contribution in [0.5, 0.6) is 0 Å². The zero-order valence-electron chi connectivity index (χ0n) is 21.2. The van der Waals surface area contributed by atoms with Crippen LogP contribution in [0.2, 0.25) is 0 Å². The van der Waals surface area contributed by atoms with Crippen molar-refractivity contribution in [1.29, 1.82) is 0 Å². The first-order valence-corrected chi connectivity index (χ1v) is 12.4. The Morgan fingerprint density at radius 3 is 1.95 bits per heavy atom. The number of ether oxygens (including phenoxy) is 2. The van der Waals surface area contributed by atoms with Crippen molar-refractivity contribution in [2.75, 3.05) is 24.0 Å². The molecular weight excluding hydrogens is 472 g/mol. The lowest BCUT2D eigenvalue weighted by molar-refractivity contribution is -0.125. The van der Waals surface area contributed by atoms with Gasteiger partial charge in [-0.3, -0.25) is 24.1 Å². The van der Waals surface area contributed by atoms with Crippen molar-refractivity contribution >= 4 is 35.0 Å².